The zero-order valence-electron chi connectivity index (χ0n) is 18.2. The molecule has 0 amide bonds. The highest BCUT2D eigenvalue weighted by Crippen LogP contribution is 2.25. The largest absolute Gasteiger partial charge is 0.497 e. The average Bonchev–Trinajstić information content (AvgIpc) is 3.32. The summed E-state index contributed by atoms with van der Waals surface area (Å²) in [6.07, 6.45) is 2.09. The van der Waals surface area contributed by atoms with E-state index in [-0.39, 0.29) is 11.7 Å². The first-order valence-electron chi connectivity index (χ1n) is 10.6. The minimum atomic E-state index is -0.150. The topological polar surface area (TPSA) is 75.8 Å². The van der Waals surface area contributed by atoms with Gasteiger partial charge in [0.2, 0.25) is 0 Å². The van der Waals surface area contributed by atoms with E-state index < -0.39 is 0 Å². The zero-order valence-corrected chi connectivity index (χ0v) is 19.0. The number of thiocarbonyl (C=S) groups is 1. The van der Waals surface area contributed by atoms with Gasteiger partial charge in [0.25, 0.3) is 5.56 Å². The zero-order chi connectivity index (χ0) is 22.5. The van der Waals surface area contributed by atoms with Gasteiger partial charge in [0, 0.05) is 24.8 Å². The van der Waals surface area contributed by atoms with Crippen molar-refractivity contribution in [2.45, 2.75) is 25.5 Å². The Morgan fingerprint density at radius 2 is 2.06 bits per heavy atom. The third-order valence-corrected chi connectivity index (χ3v) is 5.94. The number of fused-ring (bicyclic) bond motifs is 1. The lowest BCUT2D eigenvalue weighted by atomic mass is 10.1. The van der Waals surface area contributed by atoms with Gasteiger partial charge in [0.15, 0.2) is 5.11 Å². The molecular weight excluding hydrogens is 426 g/mol. The van der Waals surface area contributed by atoms with Crippen molar-refractivity contribution in [1.82, 2.24) is 9.88 Å². The molecule has 8 heteroatoms. The van der Waals surface area contributed by atoms with E-state index >= 15 is 0 Å². The number of hydrogen-bond acceptors (Lipinski definition) is 5. The van der Waals surface area contributed by atoms with Crippen LogP contribution < -0.4 is 20.3 Å². The molecule has 1 aliphatic rings. The van der Waals surface area contributed by atoms with Crippen molar-refractivity contribution < 1.29 is 14.2 Å². The summed E-state index contributed by atoms with van der Waals surface area (Å²) in [5.74, 6) is 1.40. The smallest absolute Gasteiger partial charge is 0.253 e. The second-order valence-corrected chi connectivity index (χ2v) is 8.11. The maximum Gasteiger partial charge on any atom is 0.253 e. The molecule has 4 rings (SSSR count). The average molecular weight is 454 g/mol. The van der Waals surface area contributed by atoms with Crippen molar-refractivity contribution in [3.05, 3.63) is 64.4 Å². The Morgan fingerprint density at radius 3 is 2.81 bits per heavy atom. The molecule has 0 radical (unpaired) electrons. The predicted octanol–water partition coefficient (Wildman–Crippen LogP) is 3.92. The summed E-state index contributed by atoms with van der Waals surface area (Å²) < 4.78 is 16.5. The van der Waals surface area contributed by atoms with Crippen LogP contribution in [0.1, 0.15) is 18.4 Å². The van der Waals surface area contributed by atoms with Crippen molar-refractivity contribution in [2.75, 3.05) is 32.7 Å². The lowest BCUT2D eigenvalue weighted by molar-refractivity contribution is 0.0904. The Bertz CT molecular complexity index is 1160. The number of aromatic amines is 1. The van der Waals surface area contributed by atoms with E-state index in [0.29, 0.717) is 35.3 Å². The van der Waals surface area contributed by atoms with Gasteiger partial charge in [0.1, 0.15) is 11.5 Å². The number of H-pyrrole nitrogens is 1. The summed E-state index contributed by atoms with van der Waals surface area (Å²) in [5.41, 5.74) is 1.99. The van der Waals surface area contributed by atoms with Crippen molar-refractivity contribution in [3.8, 4) is 11.5 Å². The monoisotopic (exact) mass is 453 g/mol. The summed E-state index contributed by atoms with van der Waals surface area (Å²) in [6, 6.07) is 15.1. The van der Waals surface area contributed by atoms with Gasteiger partial charge in [-0.1, -0.05) is 12.1 Å². The van der Waals surface area contributed by atoms with Crippen LogP contribution in [0.5, 0.6) is 11.5 Å². The van der Waals surface area contributed by atoms with Gasteiger partial charge >= 0.3 is 0 Å². The molecule has 1 fully saturated rings. The first-order valence-corrected chi connectivity index (χ1v) is 11.0. The highest BCUT2D eigenvalue weighted by atomic mass is 32.1. The summed E-state index contributed by atoms with van der Waals surface area (Å²) in [4.78, 5) is 17.8. The van der Waals surface area contributed by atoms with Crippen LogP contribution in [0.15, 0.2) is 53.3 Å². The van der Waals surface area contributed by atoms with Crippen LogP contribution in [-0.2, 0) is 11.3 Å². The molecule has 32 heavy (non-hydrogen) atoms. The maximum atomic E-state index is 12.8. The molecule has 3 aromatic rings. The van der Waals surface area contributed by atoms with Crippen molar-refractivity contribution in [2.24, 2.45) is 0 Å². The first kappa shape index (κ1) is 22.1. The predicted molar refractivity (Wildman–Crippen MR) is 130 cm³/mol. The SMILES string of the molecule is COc1ccc2cc(CN(C[C@H]3CCCO3)C(=S)Nc3ccccc3OC)c(=O)[nH]c2c1. The van der Waals surface area contributed by atoms with Gasteiger partial charge in [-0.05, 0) is 60.8 Å². The van der Waals surface area contributed by atoms with Crippen LogP contribution in [0, 0.1) is 0 Å². The second kappa shape index (κ2) is 10.0. The van der Waals surface area contributed by atoms with Crippen LogP contribution in [0.3, 0.4) is 0 Å². The number of nitrogens with zero attached hydrogens (tertiary/aromatic N) is 1. The quantitative estimate of drug-likeness (QED) is 0.525. The number of hydrogen-bond donors (Lipinski definition) is 2. The Balaban J connectivity index is 1.60. The van der Waals surface area contributed by atoms with E-state index in [4.69, 9.17) is 26.4 Å². The summed E-state index contributed by atoms with van der Waals surface area (Å²) in [6.45, 7) is 1.71. The van der Waals surface area contributed by atoms with Crippen LogP contribution in [-0.4, -0.2) is 48.5 Å². The molecule has 2 heterocycles. The van der Waals surface area contributed by atoms with Gasteiger partial charge in [0.05, 0.1) is 38.1 Å². The number of methoxy groups -OCH3 is 2. The second-order valence-electron chi connectivity index (χ2n) is 7.72. The Hall–Kier alpha value is -3.10. The number of ether oxygens (including phenoxy) is 3. The number of aromatic nitrogens is 1. The molecule has 0 unspecified atom stereocenters. The molecule has 7 nitrogen and oxygen atoms in total. The van der Waals surface area contributed by atoms with E-state index in [1.54, 1.807) is 14.2 Å². The molecule has 0 saturated carbocycles. The fraction of sp³-hybridized carbons (Fsp3) is 0.333. The van der Waals surface area contributed by atoms with Crippen LogP contribution in [0.25, 0.3) is 10.9 Å². The normalized spacial score (nSPS) is 15.5. The summed E-state index contributed by atoms with van der Waals surface area (Å²) in [5, 5.41) is 4.72. The maximum absolute atomic E-state index is 12.8. The van der Waals surface area contributed by atoms with Crippen LogP contribution in [0.4, 0.5) is 5.69 Å². The van der Waals surface area contributed by atoms with E-state index in [1.165, 1.54) is 0 Å². The van der Waals surface area contributed by atoms with Crippen LogP contribution in [0.2, 0.25) is 0 Å². The fourth-order valence-corrected chi connectivity index (χ4v) is 4.12. The first-order chi connectivity index (χ1) is 15.6. The third-order valence-electron chi connectivity index (χ3n) is 5.58. The number of anilines is 1. The number of nitrogens with one attached hydrogen (secondary N) is 2. The number of rotatable bonds is 7. The molecule has 2 N–H and O–H groups in total. The molecule has 1 saturated heterocycles. The van der Waals surface area contributed by atoms with Gasteiger partial charge < -0.3 is 29.4 Å². The van der Waals surface area contributed by atoms with Crippen molar-refractivity contribution >= 4 is 33.9 Å². The highest BCUT2D eigenvalue weighted by molar-refractivity contribution is 7.80. The van der Waals surface area contributed by atoms with Crippen molar-refractivity contribution in [3.63, 3.8) is 0 Å². The lowest BCUT2D eigenvalue weighted by Gasteiger charge is -2.28. The molecule has 0 spiro atoms. The standard InChI is InChI=1S/C24H27N3O4S/c1-29-18-10-9-16-12-17(23(28)25-21(16)13-18)14-27(15-19-6-5-11-31-19)24(32)26-20-7-3-4-8-22(20)30-2/h3-4,7-10,12-13,19H,5-6,11,14-15H2,1-2H3,(H,25,28)(H,26,32)/t19-/m1/s1. The van der Waals surface area contributed by atoms with Gasteiger partial charge in [-0.15, -0.1) is 0 Å². The van der Waals surface area contributed by atoms with E-state index in [1.807, 2.05) is 53.4 Å². The van der Waals surface area contributed by atoms with E-state index in [0.717, 1.165) is 36.0 Å². The summed E-state index contributed by atoms with van der Waals surface area (Å²) in [7, 11) is 3.23. The molecule has 0 bridgehead atoms. The molecule has 1 aliphatic heterocycles. The van der Waals surface area contributed by atoms with E-state index in [2.05, 4.69) is 10.3 Å². The fourth-order valence-electron chi connectivity index (χ4n) is 3.87. The molecule has 168 valence electrons. The highest BCUT2D eigenvalue weighted by Gasteiger charge is 2.22. The molecule has 2 aromatic carbocycles. The Kier molecular flexibility index (Phi) is 6.92. The lowest BCUT2D eigenvalue weighted by Crippen LogP contribution is -2.40. The Labute approximate surface area is 192 Å². The molecule has 1 atom stereocenters. The van der Waals surface area contributed by atoms with Gasteiger partial charge in [-0.3, -0.25) is 4.79 Å². The summed E-state index contributed by atoms with van der Waals surface area (Å²) >= 11 is 5.75. The molecular formula is C24H27N3O4S. The minimum absolute atomic E-state index is 0.0798. The molecule has 1 aromatic heterocycles. The van der Waals surface area contributed by atoms with E-state index in [9.17, 15) is 4.79 Å². The third kappa shape index (κ3) is 5.03. The minimum Gasteiger partial charge on any atom is -0.497 e. The van der Waals surface area contributed by atoms with Crippen LogP contribution >= 0.6 is 12.2 Å². The number of pyridine rings is 1. The number of para-hydroxylation sites is 2. The molecule has 0 aliphatic carbocycles. The van der Waals surface area contributed by atoms with Crippen molar-refractivity contribution in [1.29, 1.82) is 0 Å². The number of benzene rings is 2. The Morgan fingerprint density at radius 1 is 1.22 bits per heavy atom. The van der Waals surface area contributed by atoms with Gasteiger partial charge in [-0.25, -0.2) is 0 Å². The van der Waals surface area contributed by atoms with Gasteiger partial charge in [-0.2, -0.15) is 0 Å².